The Hall–Kier alpha value is -3.19. The Labute approximate surface area is 172 Å². The number of nitrogens with two attached hydrogens (primary N) is 1. The Morgan fingerprint density at radius 2 is 1.76 bits per heavy atom. The fourth-order valence-electron chi connectivity index (χ4n) is 2.42. The van der Waals surface area contributed by atoms with E-state index in [2.05, 4.69) is 10.2 Å². The molecule has 0 bridgehead atoms. The van der Waals surface area contributed by atoms with Crippen molar-refractivity contribution >= 4 is 23.1 Å². The molecule has 0 aromatic heterocycles. The van der Waals surface area contributed by atoms with Gasteiger partial charge < -0.3 is 10.5 Å². The molecular weight excluding hydrogens is 392 g/mol. The molecule has 0 saturated carbocycles. The van der Waals surface area contributed by atoms with E-state index in [4.69, 9.17) is 10.5 Å². The first-order valence-electron chi connectivity index (χ1n) is 8.80. The Kier molecular flexibility index (Phi) is 7.35. The summed E-state index contributed by atoms with van der Waals surface area (Å²) in [6, 6.07) is 20.3. The van der Waals surface area contributed by atoms with E-state index in [1.807, 2.05) is 30.3 Å². The first-order valence-corrected chi connectivity index (χ1v) is 9.79. The van der Waals surface area contributed by atoms with Crippen molar-refractivity contribution in [2.45, 2.75) is 12.4 Å². The summed E-state index contributed by atoms with van der Waals surface area (Å²) < 4.78 is 32.8. The zero-order chi connectivity index (χ0) is 20.5. The minimum atomic E-state index is -0.541. The van der Waals surface area contributed by atoms with Crippen LogP contribution in [0.15, 0.2) is 83.0 Å². The lowest BCUT2D eigenvalue weighted by Crippen LogP contribution is -2.06. The molecule has 0 aliphatic carbocycles. The molecule has 0 fully saturated rings. The quantitative estimate of drug-likeness (QED) is 0.333. The number of halogens is 2. The zero-order valence-electron chi connectivity index (χ0n) is 15.5. The van der Waals surface area contributed by atoms with Crippen LogP contribution in [0.2, 0.25) is 0 Å². The van der Waals surface area contributed by atoms with Crippen molar-refractivity contribution in [3.8, 4) is 5.75 Å². The minimum Gasteiger partial charge on any atom is -0.486 e. The number of ether oxygens (including phenoxy) is 1. The summed E-state index contributed by atoms with van der Waals surface area (Å²) in [5, 5.41) is 8.12. The van der Waals surface area contributed by atoms with E-state index in [0.717, 1.165) is 5.56 Å². The lowest BCUT2D eigenvalue weighted by atomic mass is 10.2. The standard InChI is InChI=1S/C22H19F2N3OS/c23-19-8-4-7-18(11-19)14-28-21-10-9-17(12-20(21)24)13-26-27-22(25)29-15-16-5-2-1-3-6-16/h1-13H,14-15H2,(H2,25,27). The van der Waals surface area contributed by atoms with Crippen molar-refractivity contribution in [2.75, 3.05) is 0 Å². The van der Waals surface area contributed by atoms with Gasteiger partial charge in [0, 0.05) is 5.75 Å². The number of nitrogens with zero attached hydrogens (tertiary/aromatic N) is 2. The van der Waals surface area contributed by atoms with E-state index >= 15 is 0 Å². The van der Waals surface area contributed by atoms with Gasteiger partial charge in [-0.15, -0.1) is 5.10 Å². The third-order valence-corrected chi connectivity index (χ3v) is 4.69. The van der Waals surface area contributed by atoms with Crippen LogP contribution in [0.4, 0.5) is 8.78 Å². The maximum absolute atomic E-state index is 14.2. The molecule has 148 valence electrons. The van der Waals surface area contributed by atoms with E-state index in [9.17, 15) is 8.78 Å². The van der Waals surface area contributed by atoms with Gasteiger partial charge in [0.1, 0.15) is 12.4 Å². The first-order chi connectivity index (χ1) is 14.1. The average Bonchev–Trinajstić information content (AvgIpc) is 2.72. The van der Waals surface area contributed by atoms with Gasteiger partial charge in [0.25, 0.3) is 0 Å². The van der Waals surface area contributed by atoms with Crippen LogP contribution in [-0.2, 0) is 12.4 Å². The Bertz CT molecular complexity index is 1010. The monoisotopic (exact) mass is 411 g/mol. The molecule has 0 aliphatic heterocycles. The first kappa shape index (κ1) is 20.5. The fraction of sp³-hybridized carbons (Fsp3) is 0.0909. The number of hydrogen-bond donors (Lipinski definition) is 1. The van der Waals surface area contributed by atoms with Gasteiger partial charge in [-0.05, 0) is 47.0 Å². The highest BCUT2D eigenvalue weighted by Crippen LogP contribution is 2.19. The van der Waals surface area contributed by atoms with Gasteiger partial charge in [0.05, 0.1) is 6.21 Å². The maximum Gasteiger partial charge on any atom is 0.180 e. The molecule has 3 aromatic rings. The number of amidine groups is 1. The van der Waals surface area contributed by atoms with Crippen LogP contribution in [-0.4, -0.2) is 11.4 Å². The van der Waals surface area contributed by atoms with Crippen LogP contribution in [0.25, 0.3) is 0 Å². The molecule has 0 spiro atoms. The second-order valence-corrected chi connectivity index (χ2v) is 7.06. The second kappa shape index (κ2) is 10.4. The third kappa shape index (κ3) is 6.73. The predicted molar refractivity (Wildman–Crippen MR) is 114 cm³/mol. The normalized spacial score (nSPS) is 11.7. The Morgan fingerprint density at radius 3 is 2.52 bits per heavy atom. The van der Waals surface area contributed by atoms with Crippen molar-refractivity contribution in [1.29, 1.82) is 0 Å². The minimum absolute atomic E-state index is 0.0710. The van der Waals surface area contributed by atoms with E-state index in [1.54, 1.807) is 18.2 Å². The fourth-order valence-corrected chi connectivity index (χ4v) is 3.03. The average molecular weight is 411 g/mol. The van der Waals surface area contributed by atoms with Gasteiger partial charge in [-0.25, -0.2) is 8.78 Å². The lowest BCUT2D eigenvalue weighted by molar-refractivity contribution is 0.290. The van der Waals surface area contributed by atoms with E-state index in [1.165, 1.54) is 42.2 Å². The van der Waals surface area contributed by atoms with Gasteiger partial charge in [-0.3, -0.25) is 0 Å². The highest BCUT2D eigenvalue weighted by atomic mass is 32.2. The third-order valence-electron chi connectivity index (χ3n) is 3.83. The molecule has 7 heteroatoms. The van der Waals surface area contributed by atoms with Crippen molar-refractivity contribution < 1.29 is 13.5 Å². The number of benzene rings is 3. The molecule has 4 nitrogen and oxygen atoms in total. The molecule has 0 aliphatic rings. The van der Waals surface area contributed by atoms with Crippen molar-refractivity contribution in [1.82, 2.24) is 0 Å². The van der Waals surface area contributed by atoms with Gasteiger partial charge in [0.2, 0.25) is 0 Å². The van der Waals surface area contributed by atoms with Crippen LogP contribution >= 0.6 is 11.8 Å². The number of rotatable bonds is 7. The van der Waals surface area contributed by atoms with E-state index < -0.39 is 5.82 Å². The number of hydrogen-bond acceptors (Lipinski definition) is 4. The molecule has 3 rings (SSSR count). The van der Waals surface area contributed by atoms with Gasteiger partial charge in [-0.1, -0.05) is 54.2 Å². The van der Waals surface area contributed by atoms with Crippen molar-refractivity contribution in [3.63, 3.8) is 0 Å². The SMILES string of the molecule is NC(=NN=Cc1ccc(OCc2cccc(F)c2)c(F)c1)SCc1ccccc1. The molecular formula is C22H19F2N3OS. The number of thioether (sulfide) groups is 1. The van der Waals surface area contributed by atoms with Crippen LogP contribution in [0.3, 0.4) is 0 Å². The van der Waals surface area contributed by atoms with Crippen LogP contribution in [0, 0.1) is 11.6 Å². The largest absolute Gasteiger partial charge is 0.486 e. The van der Waals surface area contributed by atoms with Crippen LogP contribution in [0.1, 0.15) is 16.7 Å². The summed E-state index contributed by atoms with van der Waals surface area (Å²) in [4.78, 5) is 0. The predicted octanol–water partition coefficient (Wildman–Crippen LogP) is 5.13. The maximum atomic E-state index is 14.2. The van der Waals surface area contributed by atoms with Gasteiger partial charge in [0.15, 0.2) is 16.7 Å². The molecule has 0 saturated heterocycles. The summed E-state index contributed by atoms with van der Waals surface area (Å²) in [6.07, 6.45) is 1.41. The smallest absolute Gasteiger partial charge is 0.180 e. The molecule has 0 unspecified atom stereocenters. The van der Waals surface area contributed by atoms with Crippen molar-refractivity contribution in [3.05, 3.63) is 101 Å². The lowest BCUT2D eigenvalue weighted by Gasteiger charge is -2.08. The summed E-state index contributed by atoms with van der Waals surface area (Å²) in [6.45, 7) is 0.0710. The van der Waals surface area contributed by atoms with Crippen LogP contribution in [0.5, 0.6) is 5.75 Å². The molecule has 0 radical (unpaired) electrons. The zero-order valence-corrected chi connectivity index (χ0v) is 16.3. The Morgan fingerprint density at radius 1 is 0.966 bits per heavy atom. The molecule has 3 aromatic carbocycles. The highest BCUT2D eigenvalue weighted by molar-refractivity contribution is 8.13. The Balaban J connectivity index is 1.53. The van der Waals surface area contributed by atoms with E-state index in [-0.39, 0.29) is 18.2 Å². The van der Waals surface area contributed by atoms with Crippen molar-refractivity contribution in [2.24, 2.45) is 15.9 Å². The summed E-state index contributed by atoms with van der Waals surface area (Å²) in [5.41, 5.74) is 8.10. The van der Waals surface area contributed by atoms with Gasteiger partial charge in [-0.2, -0.15) is 5.10 Å². The van der Waals surface area contributed by atoms with Gasteiger partial charge >= 0.3 is 0 Å². The summed E-state index contributed by atoms with van der Waals surface area (Å²) in [5.74, 6) is -0.133. The highest BCUT2D eigenvalue weighted by Gasteiger charge is 2.05. The summed E-state index contributed by atoms with van der Waals surface area (Å²) >= 11 is 1.37. The summed E-state index contributed by atoms with van der Waals surface area (Å²) in [7, 11) is 0. The second-order valence-electron chi connectivity index (χ2n) is 6.07. The molecule has 29 heavy (non-hydrogen) atoms. The molecule has 0 amide bonds. The topological polar surface area (TPSA) is 60.0 Å². The molecule has 2 N–H and O–H groups in total. The molecule has 0 atom stereocenters. The molecule has 0 heterocycles. The van der Waals surface area contributed by atoms with E-state index in [0.29, 0.717) is 22.0 Å². The van der Waals surface area contributed by atoms with Crippen LogP contribution < -0.4 is 10.5 Å².